The van der Waals surface area contributed by atoms with Gasteiger partial charge in [0.25, 0.3) is 0 Å². The molecule has 4 rings (SSSR count). The highest BCUT2D eigenvalue weighted by Gasteiger charge is 2.36. The van der Waals surface area contributed by atoms with Crippen molar-refractivity contribution >= 4 is 41.3 Å². The van der Waals surface area contributed by atoms with Crippen molar-refractivity contribution in [1.82, 2.24) is 0 Å². The zero-order valence-electron chi connectivity index (χ0n) is 15.5. The Morgan fingerprint density at radius 2 is 1.00 bits per heavy atom. The molecule has 0 aliphatic carbocycles. The Kier molecular flexibility index (Phi) is 5.57. The predicted octanol–water partition coefficient (Wildman–Crippen LogP) is 5.06. The van der Waals surface area contributed by atoms with E-state index in [4.69, 9.17) is 11.6 Å². The largest absolute Gasteiger partial charge is 0.172 e. The molecule has 0 atom stereocenters. The molecule has 136 valence electrons. The predicted molar refractivity (Wildman–Crippen MR) is 124 cm³/mol. The van der Waals surface area contributed by atoms with E-state index in [1.165, 1.54) is 15.6 Å². The maximum Gasteiger partial charge on any atom is 0.172 e. The summed E-state index contributed by atoms with van der Waals surface area (Å²) in [5.74, 6) is 0. The zero-order chi connectivity index (χ0) is 19.2. The molecule has 0 saturated heterocycles. The van der Waals surface area contributed by atoms with Gasteiger partial charge in [-0.25, -0.2) is 0 Å². The van der Waals surface area contributed by atoms with Crippen LogP contribution in [-0.2, 0) is 0 Å². The molecule has 0 radical (unpaired) electrons. The number of rotatable bonds is 5. The topological polar surface area (TPSA) is 0 Å². The number of hydrogen-bond donors (Lipinski definition) is 0. The van der Waals surface area contributed by atoms with Gasteiger partial charge in [-0.15, -0.1) is 0 Å². The minimum Gasteiger partial charge on any atom is -0.0843 e. The molecule has 28 heavy (non-hydrogen) atoms. The minimum atomic E-state index is -2.35. The molecular weight excluding hydrogens is 376 g/mol. The standard InChI is InChI=1S/C26H21ClSi/c27-23-12-10-11-22(21-23)19-20-28(24-13-4-1-5-14-24,25-15-6-2-7-16-25)26-17-8-3-9-18-26/h1-21H/b20-19+. The quantitative estimate of drug-likeness (QED) is 0.326. The molecule has 0 fully saturated rings. The summed E-state index contributed by atoms with van der Waals surface area (Å²) in [4.78, 5) is 0. The lowest BCUT2D eigenvalue weighted by atomic mass is 10.2. The number of halogens is 1. The minimum absolute atomic E-state index is 0.758. The Morgan fingerprint density at radius 3 is 1.43 bits per heavy atom. The first-order valence-electron chi connectivity index (χ1n) is 9.40. The van der Waals surface area contributed by atoms with Crippen LogP contribution in [-0.4, -0.2) is 8.07 Å². The summed E-state index contributed by atoms with van der Waals surface area (Å²) >= 11 is 6.22. The third-order valence-electron chi connectivity index (χ3n) is 5.06. The van der Waals surface area contributed by atoms with E-state index in [9.17, 15) is 0 Å². The van der Waals surface area contributed by atoms with Gasteiger partial charge >= 0.3 is 0 Å². The van der Waals surface area contributed by atoms with Gasteiger partial charge in [0.05, 0.1) is 0 Å². The maximum absolute atomic E-state index is 6.22. The molecule has 2 heteroatoms. The van der Waals surface area contributed by atoms with E-state index < -0.39 is 8.07 Å². The van der Waals surface area contributed by atoms with Crippen molar-refractivity contribution in [3.63, 3.8) is 0 Å². The summed E-state index contributed by atoms with van der Waals surface area (Å²) in [6.45, 7) is 0. The van der Waals surface area contributed by atoms with Crippen molar-refractivity contribution in [3.8, 4) is 0 Å². The fraction of sp³-hybridized carbons (Fsp3) is 0. The van der Waals surface area contributed by atoms with Gasteiger partial charge in [0.1, 0.15) is 0 Å². The normalized spacial score (nSPS) is 11.6. The van der Waals surface area contributed by atoms with Crippen LogP contribution in [0, 0.1) is 0 Å². The lowest BCUT2D eigenvalue weighted by Crippen LogP contribution is -2.66. The average Bonchev–Trinajstić information content (AvgIpc) is 2.77. The third-order valence-corrected chi connectivity index (χ3v) is 9.70. The first kappa shape index (κ1) is 18.5. The molecule has 0 unspecified atom stereocenters. The van der Waals surface area contributed by atoms with Crippen LogP contribution in [0.2, 0.25) is 5.02 Å². The summed E-state index contributed by atoms with van der Waals surface area (Å²) in [6, 6.07) is 40.6. The van der Waals surface area contributed by atoms with E-state index in [2.05, 4.69) is 109 Å². The van der Waals surface area contributed by atoms with E-state index in [-0.39, 0.29) is 0 Å². The van der Waals surface area contributed by atoms with Gasteiger partial charge in [0.15, 0.2) is 8.07 Å². The fourth-order valence-electron chi connectivity index (χ4n) is 3.72. The summed E-state index contributed by atoms with van der Waals surface area (Å²) in [6.07, 6.45) is 2.23. The van der Waals surface area contributed by atoms with Crippen LogP contribution in [0.5, 0.6) is 0 Å². The molecule has 0 N–H and O–H groups in total. The Morgan fingerprint density at radius 1 is 0.536 bits per heavy atom. The van der Waals surface area contributed by atoms with E-state index >= 15 is 0 Å². The molecule has 0 spiro atoms. The second-order valence-corrected chi connectivity index (χ2v) is 10.9. The van der Waals surface area contributed by atoms with Gasteiger partial charge < -0.3 is 0 Å². The van der Waals surface area contributed by atoms with E-state index in [0.717, 1.165) is 10.6 Å². The summed E-state index contributed by atoms with van der Waals surface area (Å²) < 4.78 is 0. The Hall–Kier alpha value is -2.87. The summed E-state index contributed by atoms with van der Waals surface area (Å²) in [5, 5.41) is 4.86. The van der Waals surface area contributed by atoms with Crippen LogP contribution in [0.3, 0.4) is 0 Å². The van der Waals surface area contributed by atoms with E-state index in [1.54, 1.807) is 0 Å². The van der Waals surface area contributed by atoms with Crippen LogP contribution in [0.15, 0.2) is 121 Å². The molecule has 4 aromatic rings. The molecule has 0 amide bonds. The van der Waals surface area contributed by atoms with Crippen molar-refractivity contribution < 1.29 is 0 Å². The van der Waals surface area contributed by atoms with Crippen molar-refractivity contribution in [3.05, 3.63) is 132 Å². The lowest BCUT2D eigenvalue weighted by molar-refractivity contribution is 1.65. The summed E-state index contributed by atoms with van der Waals surface area (Å²) in [5.41, 5.74) is 3.55. The average molecular weight is 397 g/mol. The molecule has 0 heterocycles. The smallest absolute Gasteiger partial charge is 0.0843 e. The molecule has 0 nitrogen and oxygen atoms in total. The van der Waals surface area contributed by atoms with Crippen molar-refractivity contribution in [2.75, 3.05) is 0 Å². The Labute approximate surface area is 172 Å². The van der Waals surface area contributed by atoms with Crippen LogP contribution in [0.1, 0.15) is 5.56 Å². The molecule has 0 aliphatic rings. The zero-order valence-corrected chi connectivity index (χ0v) is 17.3. The van der Waals surface area contributed by atoms with Gasteiger partial charge in [0.2, 0.25) is 0 Å². The van der Waals surface area contributed by atoms with Crippen molar-refractivity contribution in [2.45, 2.75) is 0 Å². The van der Waals surface area contributed by atoms with Gasteiger partial charge in [-0.3, -0.25) is 0 Å². The maximum atomic E-state index is 6.22. The summed E-state index contributed by atoms with van der Waals surface area (Å²) in [7, 11) is -2.35. The fourth-order valence-corrected chi connectivity index (χ4v) is 8.10. The van der Waals surface area contributed by atoms with Gasteiger partial charge in [0, 0.05) is 5.02 Å². The Balaban J connectivity index is 1.98. The van der Waals surface area contributed by atoms with E-state index in [0.29, 0.717) is 0 Å². The van der Waals surface area contributed by atoms with E-state index in [1.807, 2.05) is 18.2 Å². The highest BCUT2D eigenvalue weighted by Crippen LogP contribution is 2.15. The second kappa shape index (κ2) is 8.43. The van der Waals surface area contributed by atoms with Gasteiger partial charge in [-0.05, 0) is 33.3 Å². The van der Waals surface area contributed by atoms with Gasteiger partial charge in [-0.2, -0.15) is 0 Å². The third kappa shape index (κ3) is 3.73. The second-order valence-electron chi connectivity index (χ2n) is 6.79. The van der Waals surface area contributed by atoms with Gasteiger partial charge in [-0.1, -0.05) is 127 Å². The molecule has 0 aromatic heterocycles. The van der Waals surface area contributed by atoms with Crippen LogP contribution in [0.4, 0.5) is 0 Å². The number of benzene rings is 4. The van der Waals surface area contributed by atoms with Crippen LogP contribution >= 0.6 is 11.6 Å². The molecule has 0 saturated carbocycles. The van der Waals surface area contributed by atoms with Crippen molar-refractivity contribution in [2.24, 2.45) is 0 Å². The van der Waals surface area contributed by atoms with Crippen LogP contribution in [0.25, 0.3) is 6.08 Å². The lowest BCUT2D eigenvalue weighted by Gasteiger charge is -2.30. The molecular formula is C26H21ClSi. The van der Waals surface area contributed by atoms with Crippen molar-refractivity contribution in [1.29, 1.82) is 0 Å². The van der Waals surface area contributed by atoms with Crippen LogP contribution < -0.4 is 15.6 Å². The SMILES string of the molecule is Clc1cccc(/C=C/[Si](c2ccccc2)(c2ccccc2)c2ccccc2)c1. The monoisotopic (exact) mass is 396 g/mol. The first-order chi connectivity index (χ1) is 13.8. The molecule has 0 bridgehead atoms. The first-order valence-corrected chi connectivity index (χ1v) is 11.9. The Bertz CT molecular complexity index is 960. The molecule has 4 aromatic carbocycles. The highest BCUT2D eigenvalue weighted by atomic mass is 35.5. The molecule has 0 aliphatic heterocycles. The highest BCUT2D eigenvalue weighted by molar-refractivity contribution is 7.15. The number of hydrogen-bond acceptors (Lipinski definition) is 0.